The van der Waals surface area contributed by atoms with Crippen molar-refractivity contribution in [3.8, 4) is 11.5 Å². The van der Waals surface area contributed by atoms with Gasteiger partial charge >= 0.3 is 0 Å². The number of hydrogen-bond acceptors (Lipinski definition) is 5. The summed E-state index contributed by atoms with van der Waals surface area (Å²) in [5.41, 5.74) is 5.53. The van der Waals surface area contributed by atoms with Crippen LogP contribution < -0.4 is 20.3 Å². The van der Waals surface area contributed by atoms with Crippen LogP contribution in [0.3, 0.4) is 0 Å². The lowest BCUT2D eigenvalue weighted by Crippen LogP contribution is -2.44. The molecule has 0 aliphatic carbocycles. The summed E-state index contributed by atoms with van der Waals surface area (Å²) in [5, 5.41) is 0. The number of amides is 2. The van der Waals surface area contributed by atoms with Crippen molar-refractivity contribution >= 4 is 23.6 Å². The van der Waals surface area contributed by atoms with Gasteiger partial charge < -0.3 is 9.47 Å². The Morgan fingerprint density at radius 2 is 1.59 bits per heavy atom. The van der Waals surface area contributed by atoms with Gasteiger partial charge in [-0.3, -0.25) is 20.4 Å². The van der Waals surface area contributed by atoms with Crippen LogP contribution in [0.15, 0.2) is 48.5 Å². The number of ether oxygens (including phenoxy) is 2. The number of hydrogen-bond donors (Lipinski definition) is 2. The molecule has 2 rings (SSSR count). The van der Waals surface area contributed by atoms with E-state index in [-0.39, 0.29) is 24.1 Å². The van der Waals surface area contributed by atoms with Gasteiger partial charge in [0, 0.05) is 5.75 Å². The molecule has 0 bridgehead atoms. The Balaban J connectivity index is 1.64. The molecule has 6 nitrogen and oxygen atoms in total. The molecule has 0 aliphatic rings. The molecule has 2 amide bonds. The van der Waals surface area contributed by atoms with Gasteiger partial charge in [0.1, 0.15) is 5.82 Å². The standard InChI is InChI=1S/C19H21FN2O4S/c1-2-25-16-5-3-4-6-17(16)26-11-18(23)21-22-19(24)13-27-12-14-7-9-15(20)10-8-14/h3-10H,2,11-13H2,1H3,(H,21,23)(H,22,24). The van der Waals surface area contributed by atoms with E-state index in [1.165, 1.54) is 23.9 Å². The molecular weight excluding hydrogens is 371 g/mol. The Morgan fingerprint density at radius 3 is 2.26 bits per heavy atom. The van der Waals surface area contributed by atoms with Gasteiger partial charge in [-0.2, -0.15) is 0 Å². The first-order valence-electron chi connectivity index (χ1n) is 8.33. The van der Waals surface area contributed by atoms with Crippen molar-refractivity contribution in [3.05, 3.63) is 59.9 Å². The van der Waals surface area contributed by atoms with Gasteiger partial charge in [0.05, 0.1) is 12.4 Å². The third-order valence-corrected chi connectivity index (χ3v) is 4.27. The zero-order valence-electron chi connectivity index (χ0n) is 14.9. The van der Waals surface area contributed by atoms with Crippen LogP contribution in [0.4, 0.5) is 4.39 Å². The Hall–Kier alpha value is -2.74. The average molecular weight is 392 g/mol. The molecule has 0 unspecified atom stereocenters. The lowest BCUT2D eigenvalue weighted by molar-refractivity contribution is -0.128. The number of rotatable bonds is 9. The second-order valence-electron chi connectivity index (χ2n) is 5.38. The number of carbonyl (C=O) groups excluding carboxylic acids is 2. The Kier molecular flexibility index (Phi) is 8.44. The van der Waals surface area contributed by atoms with Gasteiger partial charge in [-0.15, -0.1) is 11.8 Å². The molecule has 2 aromatic rings. The van der Waals surface area contributed by atoms with E-state index in [1.807, 2.05) is 13.0 Å². The summed E-state index contributed by atoms with van der Waals surface area (Å²) in [6, 6.07) is 13.1. The van der Waals surface area contributed by atoms with Crippen molar-refractivity contribution in [2.75, 3.05) is 19.0 Å². The molecule has 0 saturated heterocycles. The largest absolute Gasteiger partial charge is 0.490 e. The highest BCUT2D eigenvalue weighted by molar-refractivity contribution is 7.99. The van der Waals surface area contributed by atoms with Crippen LogP contribution in [0.25, 0.3) is 0 Å². The fraction of sp³-hybridized carbons (Fsp3) is 0.263. The number of halogens is 1. The molecule has 0 aliphatic heterocycles. The van der Waals surface area contributed by atoms with Gasteiger partial charge in [-0.1, -0.05) is 24.3 Å². The minimum atomic E-state index is -0.488. The monoisotopic (exact) mass is 392 g/mol. The fourth-order valence-corrected chi connectivity index (χ4v) is 2.83. The molecule has 2 N–H and O–H groups in total. The smallest absolute Gasteiger partial charge is 0.276 e. The molecule has 0 fully saturated rings. The maximum atomic E-state index is 12.8. The summed E-state index contributed by atoms with van der Waals surface area (Å²) >= 11 is 1.36. The minimum absolute atomic E-state index is 0.158. The number of carbonyl (C=O) groups is 2. The maximum absolute atomic E-state index is 12.8. The third-order valence-electron chi connectivity index (χ3n) is 3.26. The Labute approximate surface area is 161 Å². The van der Waals surface area contributed by atoms with Crippen LogP contribution in [0.2, 0.25) is 0 Å². The summed E-state index contributed by atoms with van der Waals surface area (Å²) in [7, 11) is 0. The van der Waals surface area contributed by atoms with Crippen molar-refractivity contribution in [3.63, 3.8) is 0 Å². The fourth-order valence-electron chi connectivity index (χ4n) is 2.04. The number of para-hydroxylation sites is 2. The van der Waals surface area contributed by atoms with E-state index in [0.717, 1.165) is 5.56 Å². The van der Waals surface area contributed by atoms with E-state index >= 15 is 0 Å². The summed E-state index contributed by atoms with van der Waals surface area (Å²) in [4.78, 5) is 23.5. The van der Waals surface area contributed by atoms with Gasteiger partial charge in [-0.05, 0) is 36.8 Å². The second kappa shape index (κ2) is 11.1. The SMILES string of the molecule is CCOc1ccccc1OCC(=O)NNC(=O)CSCc1ccc(F)cc1. The quantitative estimate of drug-likeness (QED) is 0.642. The molecule has 8 heteroatoms. The third kappa shape index (κ3) is 7.57. The minimum Gasteiger partial charge on any atom is -0.490 e. The zero-order valence-corrected chi connectivity index (χ0v) is 15.7. The van der Waals surface area contributed by atoms with E-state index in [0.29, 0.717) is 23.9 Å². The lowest BCUT2D eigenvalue weighted by atomic mass is 10.2. The summed E-state index contributed by atoms with van der Waals surface area (Å²) in [6.45, 7) is 2.08. The normalized spacial score (nSPS) is 10.1. The summed E-state index contributed by atoms with van der Waals surface area (Å²) < 4.78 is 23.6. The molecule has 0 heterocycles. The van der Waals surface area contributed by atoms with E-state index in [1.54, 1.807) is 30.3 Å². The number of hydrazine groups is 1. The first kappa shape index (κ1) is 20.6. The van der Waals surface area contributed by atoms with E-state index < -0.39 is 5.91 Å². The highest BCUT2D eigenvalue weighted by atomic mass is 32.2. The van der Waals surface area contributed by atoms with Crippen molar-refractivity contribution < 1.29 is 23.5 Å². The van der Waals surface area contributed by atoms with Crippen LogP contribution in [-0.4, -0.2) is 30.8 Å². The molecule has 0 radical (unpaired) electrons. The van der Waals surface area contributed by atoms with Crippen LogP contribution in [0.5, 0.6) is 11.5 Å². The predicted molar refractivity (Wildman–Crippen MR) is 102 cm³/mol. The molecular formula is C19H21FN2O4S. The molecule has 27 heavy (non-hydrogen) atoms. The first-order valence-corrected chi connectivity index (χ1v) is 9.48. The first-order chi connectivity index (χ1) is 13.1. The average Bonchev–Trinajstić information content (AvgIpc) is 2.67. The highest BCUT2D eigenvalue weighted by Gasteiger charge is 2.09. The molecule has 2 aromatic carbocycles. The molecule has 0 atom stereocenters. The van der Waals surface area contributed by atoms with E-state index in [9.17, 15) is 14.0 Å². The molecule has 0 spiro atoms. The van der Waals surface area contributed by atoms with Crippen LogP contribution in [0.1, 0.15) is 12.5 Å². The van der Waals surface area contributed by atoms with E-state index in [4.69, 9.17) is 9.47 Å². The second-order valence-corrected chi connectivity index (χ2v) is 6.37. The van der Waals surface area contributed by atoms with Crippen molar-refractivity contribution in [1.29, 1.82) is 0 Å². The van der Waals surface area contributed by atoms with Gasteiger partial charge in [0.2, 0.25) is 5.91 Å². The van der Waals surface area contributed by atoms with Gasteiger partial charge in [0.25, 0.3) is 5.91 Å². The summed E-state index contributed by atoms with van der Waals surface area (Å²) in [6.07, 6.45) is 0. The molecule has 0 aromatic heterocycles. The van der Waals surface area contributed by atoms with E-state index in [2.05, 4.69) is 10.9 Å². The van der Waals surface area contributed by atoms with Gasteiger partial charge in [0.15, 0.2) is 18.1 Å². The van der Waals surface area contributed by atoms with Crippen LogP contribution >= 0.6 is 11.8 Å². The van der Waals surface area contributed by atoms with Crippen LogP contribution in [-0.2, 0) is 15.3 Å². The van der Waals surface area contributed by atoms with Crippen molar-refractivity contribution in [2.24, 2.45) is 0 Å². The molecule has 0 saturated carbocycles. The van der Waals surface area contributed by atoms with Gasteiger partial charge in [-0.25, -0.2) is 4.39 Å². The maximum Gasteiger partial charge on any atom is 0.276 e. The lowest BCUT2D eigenvalue weighted by Gasteiger charge is -2.12. The Bertz CT molecular complexity index is 756. The number of benzene rings is 2. The molecule has 144 valence electrons. The number of thioether (sulfide) groups is 1. The number of nitrogens with one attached hydrogen (secondary N) is 2. The zero-order chi connectivity index (χ0) is 19.5. The predicted octanol–water partition coefficient (Wildman–Crippen LogP) is 2.68. The van der Waals surface area contributed by atoms with Crippen molar-refractivity contribution in [1.82, 2.24) is 10.9 Å². The van der Waals surface area contributed by atoms with Crippen LogP contribution in [0, 0.1) is 5.82 Å². The highest BCUT2D eigenvalue weighted by Crippen LogP contribution is 2.26. The topological polar surface area (TPSA) is 76.7 Å². The summed E-state index contributed by atoms with van der Waals surface area (Å²) in [5.74, 6) is 0.605. The van der Waals surface area contributed by atoms with Crippen molar-refractivity contribution in [2.45, 2.75) is 12.7 Å². The Morgan fingerprint density at radius 1 is 0.963 bits per heavy atom.